The quantitative estimate of drug-likeness (QED) is 0.613. The predicted octanol–water partition coefficient (Wildman–Crippen LogP) is 2.04. The Morgan fingerprint density at radius 1 is 1.31 bits per heavy atom. The van der Waals surface area contributed by atoms with Crippen molar-refractivity contribution in [3.8, 4) is 0 Å². The summed E-state index contributed by atoms with van der Waals surface area (Å²) in [6.45, 7) is 2.79. The van der Waals surface area contributed by atoms with Crippen LogP contribution in [0.4, 0.5) is 0 Å². The molecule has 0 radical (unpaired) electrons. The number of hydrogen-bond acceptors (Lipinski definition) is 2. The van der Waals surface area contributed by atoms with Crippen LogP contribution in [0.2, 0.25) is 0 Å². The van der Waals surface area contributed by atoms with Gasteiger partial charge in [-0.1, -0.05) is 30.3 Å². The Bertz CT molecular complexity index is 341. The van der Waals surface area contributed by atoms with Gasteiger partial charge < -0.3 is 15.0 Å². The molecular formula is C13H19NO2. The smallest absolute Gasteiger partial charge is 0.105 e. The van der Waals surface area contributed by atoms with Crippen LogP contribution in [0.5, 0.6) is 0 Å². The van der Waals surface area contributed by atoms with Crippen molar-refractivity contribution in [1.82, 2.24) is 0 Å². The predicted molar refractivity (Wildman–Crippen MR) is 63.3 cm³/mol. The molecule has 0 saturated carbocycles. The Hall–Kier alpha value is -0.900. The summed E-state index contributed by atoms with van der Waals surface area (Å²) >= 11 is 0. The van der Waals surface area contributed by atoms with Gasteiger partial charge in [0.15, 0.2) is 0 Å². The van der Waals surface area contributed by atoms with Crippen molar-refractivity contribution in [2.45, 2.75) is 38.5 Å². The molecule has 3 atom stereocenters. The fourth-order valence-electron chi connectivity index (χ4n) is 2.41. The molecule has 0 amide bonds. The van der Waals surface area contributed by atoms with E-state index in [9.17, 15) is 10.3 Å². The zero-order chi connectivity index (χ0) is 11.6. The number of aliphatic hydroxyl groups is 1. The first-order chi connectivity index (χ1) is 7.60. The van der Waals surface area contributed by atoms with E-state index in [4.69, 9.17) is 0 Å². The number of rotatable bonds is 2. The minimum atomic E-state index is -0.433. The second-order valence-corrected chi connectivity index (χ2v) is 4.86. The van der Waals surface area contributed by atoms with E-state index in [1.165, 1.54) is 0 Å². The lowest BCUT2D eigenvalue weighted by Gasteiger charge is -2.51. The second kappa shape index (κ2) is 4.53. The van der Waals surface area contributed by atoms with Gasteiger partial charge in [0.2, 0.25) is 0 Å². The van der Waals surface area contributed by atoms with Gasteiger partial charge in [-0.2, -0.15) is 0 Å². The Morgan fingerprint density at radius 3 is 2.69 bits per heavy atom. The Balaban J connectivity index is 2.12. The van der Waals surface area contributed by atoms with Gasteiger partial charge in [0.05, 0.1) is 6.04 Å². The number of benzene rings is 1. The van der Waals surface area contributed by atoms with E-state index < -0.39 is 6.10 Å². The molecule has 0 spiro atoms. The maximum Gasteiger partial charge on any atom is 0.105 e. The second-order valence-electron chi connectivity index (χ2n) is 4.86. The molecule has 1 aromatic rings. The van der Waals surface area contributed by atoms with Crippen LogP contribution in [0.15, 0.2) is 30.3 Å². The van der Waals surface area contributed by atoms with Crippen LogP contribution in [0.1, 0.15) is 25.3 Å². The largest absolute Gasteiger partial charge is 0.632 e. The summed E-state index contributed by atoms with van der Waals surface area (Å²) in [5.41, 5.74) is 1.05. The number of hydrogen-bond donors (Lipinski definition) is 1. The van der Waals surface area contributed by atoms with Gasteiger partial charge in [-0.3, -0.25) is 0 Å². The summed E-state index contributed by atoms with van der Waals surface area (Å²) < 4.78 is -0.287. The lowest BCUT2D eigenvalue weighted by molar-refractivity contribution is -0.924. The molecule has 3 nitrogen and oxygen atoms in total. The van der Waals surface area contributed by atoms with Crippen LogP contribution in [0.25, 0.3) is 0 Å². The number of quaternary nitrogens is 1. The molecule has 16 heavy (non-hydrogen) atoms. The van der Waals surface area contributed by atoms with Crippen LogP contribution >= 0.6 is 0 Å². The molecule has 1 fully saturated rings. The number of piperidine rings is 1. The first-order valence-electron chi connectivity index (χ1n) is 5.90. The van der Waals surface area contributed by atoms with Crippen LogP contribution in [0.3, 0.4) is 0 Å². The normalized spacial score (nSPS) is 34.9. The van der Waals surface area contributed by atoms with E-state index in [2.05, 4.69) is 0 Å². The zero-order valence-corrected chi connectivity index (χ0v) is 9.67. The highest BCUT2D eigenvalue weighted by atomic mass is 16.5. The van der Waals surface area contributed by atoms with Gasteiger partial charge in [0.25, 0.3) is 0 Å². The van der Waals surface area contributed by atoms with Gasteiger partial charge in [-0.05, 0) is 13.3 Å². The van der Waals surface area contributed by atoms with Crippen molar-refractivity contribution in [2.75, 3.05) is 6.54 Å². The van der Waals surface area contributed by atoms with E-state index in [0.29, 0.717) is 13.1 Å². The van der Waals surface area contributed by atoms with Crippen LogP contribution in [-0.2, 0) is 6.54 Å². The molecule has 1 aromatic carbocycles. The molecule has 0 aromatic heterocycles. The van der Waals surface area contributed by atoms with Gasteiger partial charge >= 0.3 is 0 Å². The maximum absolute atomic E-state index is 12.6. The van der Waals surface area contributed by atoms with Gasteiger partial charge in [0.1, 0.15) is 19.2 Å². The van der Waals surface area contributed by atoms with Crippen LogP contribution in [-0.4, -0.2) is 28.4 Å². The third-order valence-electron chi connectivity index (χ3n) is 3.53. The molecule has 1 N–H and O–H groups in total. The van der Waals surface area contributed by atoms with Crippen molar-refractivity contribution >= 4 is 0 Å². The van der Waals surface area contributed by atoms with Gasteiger partial charge in [-0.15, -0.1) is 0 Å². The summed E-state index contributed by atoms with van der Waals surface area (Å²) in [5, 5.41) is 22.2. The molecular weight excluding hydrogens is 202 g/mol. The molecule has 3 heteroatoms. The fourth-order valence-corrected chi connectivity index (χ4v) is 2.41. The molecule has 1 saturated heterocycles. The third kappa shape index (κ3) is 2.43. The lowest BCUT2D eigenvalue weighted by Crippen LogP contribution is -2.55. The summed E-state index contributed by atoms with van der Waals surface area (Å²) in [6.07, 6.45) is 1.15. The Labute approximate surface area is 96.5 Å². The number of likely N-dealkylation sites (tertiary alicyclic amines) is 1. The van der Waals surface area contributed by atoms with E-state index in [-0.39, 0.29) is 10.7 Å². The third-order valence-corrected chi connectivity index (χ3v) is 3.53. The number of aliphatic hydroxyl groups excluding tert-OH is 1. The molecule has 1 aliphatic rings. The molecule has 0 aliphatic carbocycles. The summed E-state index contributed by atoms with van der Waals surface area (Å²) in [4.78, 5) is 0. The molecule has 2 rings (SSSR count). The van der Waals surface area contributed by atoms with Crippen LogP contribution < -0.4 is 0 Å². The van der Waals surface area contributed by atoms with E-state index in [0.717, 1.165) is 18.4 Å². The van der Waals surface area contributed by atoms with Crippen LogP contribution in [0, 0.1) is 5.21 Å². The average Bonchev–Trinajstić information content (AvgIpc) is 2.25. The van der Waals surface area contributed by atoms with Crippen molar-refractivity contribution in [3.63, 3.8) is 0 Å². The molecule has 1 heterocycles. The Morgan fingerprint density at radius 2 is 2.00 bits per heavy atom. The maximum atomic E-state index is 12.6. The zero-order valence-electron chi connectivity index (χ0n) is 9.67. The molecule has 0 bridgehead atoms. The molecule has 1 aliphatic heterocycles. The van der Waals surface area contributed by atoms with E-state index in [1.54, 1.807) is 0 Å². The van der Waals surface area contributed by atoms with Crippen molar-refractivity contribution in [3.05, 3.63) is 41.1 Å². The van der Waals surface area contributed by atoms with Crippen molar-refractivity contribution in [1.29, 1.82) is 0 Å². The fraction of sp³-hybridized carbons (Fsp3) is 0.538. The van der Waals surface area contributed by atoms with Crippen molar-refractivity contribution < 1.29 is 9.75 Å². The SMILES string of the molecule is CC1CCC(O)C[N+]1([O-])Cc1ccccc1. The average molecular weight is 221 g/mol. The topological polar surface area (TPSA) is 43.3 Å². The highest BCUT2D eigenvalue weighted by Crippen LogP contribution is 2.27. The highest BCUT2D eigenvalue weighted by Gasteiger charge is 2.33. The standard InChI is InChI=1S/C13H19NO2/c1-11-7-8-13(15)10-14(11,16)9-12-5-3-2-4-6-12/h2-6,11,13,15H,7-10H2,1H3. The number of nitrogens with zero attached hydrogens (tertiary/aromatic N) is 1. The molecule has 88 valence electrons. The lowest BCUT2D eigenvalue weighted by atomic mass is 9.99. The minimum Gasteiger partial charge on any atom is -0.632 e. The monoisotopic (exact) mass is 221 g/mol. The minimum absolute atomic E-state index is 0.0867. The summed E-state index contributed by atoms with van der Waals surface area (Å²) in [7, 11) is 0. The van der Waals surface area contributed by atoms with E-state index in [1.807, 2.05) is 37.3 Å². The van der Waals surface area contributed by atoms with Gasteiger partial charge in [-0.25, -0.2) is 0 Å². The molecule has 3 unspecified atom stereocenters. The first-order valence-corrected chi connectivity index (χ1v) is 5.90. The summed E-state index contributed by atoms with van der Waals surface area (Å²) in [6, 6.07) is 9.90. The summed E-state index contributed by atoms with van der Waals surface area (Å²) in [5.74, 6) is 0. The van der Waals surface area contributed by atoms with Gasteiger partial charge in [0, 0.05) is 12.0 Å². The van der Waals surface area contributed by atoms with Crippen molar-refractivity contribution in [2.24, 2.45) is 0 Å². The number of hydroxylamine groups is 3. The first kappa shape index (κ1) is 11.6. The Kier molecular flexibility index (Phi) is 3.28. The highest BCUT2D eigenvalue weighted by molar-refractivity contribution is 5.13. The van der Waals surface area contributed by atoms with E-state index >= 15 is 0 Å².